The average molecular weight is 238 g/mol. The molecule has 2 rings (SSSR count). The molecule has 86 valence electrons. The lowest BCUT2D eigenvalue weighted by atomic mass is 10.2. The van der Waals surface area contributed by atoms with Gasteiger partial charge in [-0.15, -0.1) is 0 Å². The van der Waals surface area contributed by atoms with E-state index in [0.717, 1.165) is 21.5 Å². The number of ether oxygens (including phenoxy) is 1. The fourth-order valence-corrected chi connectivity index (χ4v) is 2.15. The molecule has 0 unspecified atom stereocenters. The normalized spacial score (nSPS) is 11.6. The Morgan fingerprint density at radius 2 is 2.12 bits per heavy atom. The van der Waals surface area contributed by atoms with E-state index < -0.39 is 0 Å². The predicted octanol–water partition coefficient (Wildman–Crippen LogP) is 3.76. The number of hydrogen-bond acceptors (Lipinski definition) is 1. The Kier molecular flexibility index (Phi) is 3.22. The van der Waals surface area contributed by atoms with E-state index in [0.29, 0.717) is 6.61 Å². The lowest BCUT2D eigenvalue weighted by Gasteiger charge is -2.06. The van der Waals surface area contributed by atoms with E-state index in [9.17, 15) is 0 Å². The van der Waals surface area contributed by atoms with Gasteiger partial charge in [0.25, 0.3) is 0 Å². The van der Waals surface area contributed by atoms with E-state index in [-0.39, 0.29) is 6.10 Å². The summed E-state index contributed by atoms with van der Waals surface area (Å²) in [5.41, 5.74) is 2.30. The van der Waals surface area contributed by atoms with Crippen LogP contribution in [0.1, 0.15) is 19.4 Å². The van der Waals surface area contributed by atoms with Gasteiger partial charge >= 0.3 is 0 Å². The van der Waals surface area contributed by atoms with E-state index in [1.807, 2.05) is 33.0 Å². The highest BCUT2D eigenvalue weighted by Crippen LogP contribution is 2.28. The standard InChI is InChI=1S/C13H16ClNO/c1-9(2)16-8-10-7-15(3)12-6-4-5-11(14)13(10)12/h4-7,9H,8H2,1-3H3. The summed E-state index contributed by atoms with van der Waals surface area (Å²) in [6.45, 7) is 4.68. The smallest absolute Gasteiger partial charge is 0.0741 e. The van der Waals surface area contributed by atoms with Gasteiger partial charge in [0.1, 0.15) is 0 Å². The Morgan fingerprint density at radius 3 is 2.81 bits per heavy atom. The summed E-state index contributed by atoms with van der Waals surface area (Å²) in [6.07, 6.45) is 2.32. The molecule has 2 aromatic rings. The van der Waals surface area contributed by atoms with Gasteiger partial charge in [-0.25, -0.2) is 0 Å². The fourth-order valence-electron chi connectivity index (χ4n) is 1.86. The van der Waals surface area contributed by atoms with Gasteiger partial charge in [-0.05, 0) is 26.0 Å². The third kappa shape index (κ3) is 2.08. The van der Waals surface area contributed by atoms with Gasteiger partial charge in [-0.2, -0.15) is 0 Å². The fraction of sp³-hybridized carbons (Fsp3) is 0.385. The monoisotopic (exact) mass is 237 g/mol. The van der Waals surface area contributed by atoms with Crippen molar-refractivity contribution in [3.63, 3.8) is 0 Å². The summed E-state index contributed by atoms with van der Waals surface area (Å²) in [4.78, 5) is 0. The van der Waals surface area contributed by atoms with Crippen LogP contribution in [-0.4, -0.2) is 10.7 Å². The minimum atomic E-state index is 0.234. The minimum Gasteiger partial charge on any atom is -0.374 e. The van der Waals surface area contributed by atoms with E-state index in [1.165, 1.54) is 0 Å². The summed E-state index contributed by atoms with van der Waals surface area (Å²) in [5.74, 6) is 0. The van der Waals surface area contributed by atoms with E-state index >= 15 is 0 Å². The Bertz CT molecular complexity index is 502. The molecule has 0 aliphatic carbocycles. The SMILES string of the molecule is CC(C)OCc1cn(C)c2cccc(Cl)c12. The number of fused-ring (bicyclic) bond motifs is 1. The minimum absolute atomic E-state index is 0.234. The van der Waals surface area contributed by atoms with Crippen molar-refractivity contribution in [2.24, 2.45) is 7.05 Å². The number of hydrogen-bond donors (Lipinski definition) is 0. The maximum absolute atomic E-state index is 6.22. The van der Waals surface area contributed by atoms with Crippen molar-refractivity contribution in [3.8, 4) is 0 Å². The first-order chi connectivity index (χ1) is 7.59. The molecule has 16 heavy (non-hydrogen) atoms. The van der Waals surface area contributed by atoms with Gasteiger partial charge in [-0.3, -0.25) is 0 Å². The summed E-state index contributed by atoms with van der Waals surface area (Å²) < 4.78 is 7.72. The molecule has 0 atom stereocenters. The van der Waals surface area contributed by atoms with Crippen LogP contribution >= 0.6 is 11.6 Å². The maximum Gasteiger partial charge on any atom is 0.0741 e. The van der Waals surface area contributed by atoms with Crippen LogP contribution in [0.15, 0.2) is 24.4 Å². The molecule has 0 aliphatic heterocycles. The van der Waals surface area contributed by atoms with Crippen molar-refractivity contribution >= 4 is 22.5 Å². The Hall–Kier alpha value is -0.990. The molecule has 1 heterocycles. The summed E-state index contributed by atoms with van der Waals surface area (Å²) in [7, 11) is 2.03. The van der Waals surface area contributed by atoms with Crippen molar-refractivity contribution in [1.29, 1.82) is 0 Å². The van der Waals surface area contributed by atoms with Crippen LogP contribution in [-0.2, 0) is 18.4 Å². The average Bonchev–Trinajstić information content (AvgIpc) is 2.55. The molecule has 0 spiro atoms. The van der Waals surface area contributed by atoms with Gasteiger partial charge in [0.15, 0.2) is 0 Å². The first kappa shape index (κ1) is 11.5. The van der Waals surface area contributed by atoms with E-state index in [2.05, 4.69) is 16.8 Å². The molecule has 1 aromatic heterocycles. The van der Waals surface area contributed by atoms with Crippen LogP contribution in [0, 0.1) is 0 Å². The zero-order valence-corrected chi connectivity index (χ0v) is 10.6. The largest absolute Gasteiger partial charge is 0.374 e. The quantitative estimate of drug-likeness (QED) is 0.793. The van der Waals surface area contributed by atoms with Gasteiger partial charge in [-0.1, -0.05) is 17.7 Å². The second-order valence-corrected chi connectivity index (χ2v) is 4.67. The first-order valence-corrected chi connectivity index (χ1v) is 5.81. The van der Waals surface area contributed by atoms with E-state index in [4.69, 9.17) is 16.3 Å². The number of halogens is 1. The van der Waals surface area contributed by atoms with Crippen LogP contribution in [0.2, 0.25) is 5.02 Å². The molecule has 0 bridgehead atoms. The Balaban J connectivity index is 2.45. The van der Waals surface area contributed by atoms with Crippen LogP contribution < -0.4 is 0 Å². The lowest BCUT2D eigenvalue weighted by molar-refractivity contribution is 0.0663. The molecule has 2 nitrogen and oxygen atoms in total. The number of rotatable bonds is 3. The highest BCUT2D eigenvalue weighted by atomic mass is 35.5. The molecule has 0 amide bonds. The molecule has 0 N–H and O–H groups in total. The highest BCUT2D eigenvalue weighted by Gasteiger charge is 2.10. The van der Waals surface area contributed by atoms with Gasteiger partial charge in [0, 0.05) is 29.7 Å². The zero-order chi connectivity index (χ0) is 11.7. The molecular formula is C13H16ClNO. The predicted molar refractivity (Wildman–Crippen MR) is 67.9 cm³/mol. The van der Waals surface area contributed by atoms with Crippen LogP contribution in [0.25, 0.3) is 10.9 Å². The molecule has 0 fully saturated rings. The van der Waals surface area contributed by atoms with Crippen molar-refractivity contribution in [1.82, 2.24) is 4.57 Å². The summed E-state index contributed by atoms with van der Waals surface area (Å²) in [6, 6.07) is 5.96. The summed E-state index contributed by atoms with van der Waals surface area (Å²) >= 11 is 6.22. The Labute approximate surface area is 101 Å². The van der Waals surface area contributed by atoms with E-state index in [1.54, 1.807) is 0 Å². The summed E-state index contributed by atoms with van der Waals surface area (Å²) in [5, 5.41) is 1.90. The molecule has 0 aliphatic rings. The third-order valence-corrected chi connectivity index (χ3v) is 2.93. The molecule has 3 heteroatoms. The third-order valence-electron chi connectivity index (χ3n) is 2.61. The number of aromatic nitrogens is 1. The van der Waals surface area contributed by atoms with Crippen LogP contribution in [0.5, 0.6) is 0 Å². The van der Waals surface area contributed by atoms with Gasteiger partial charge in [0.05, 0.1) is 17.7 Å². The van der Waals surface area contributed by atoms with Crippen molar-refractivity contribution in [2.45, 2.75) is 26.6 Å². The second kappa shape index (κ2) is 4.48. The first-order valence-electron chi connectivity index (χ1n) is 5.43. The van der Waals surface area contributed by atoms with Gasteiger partial charge in [0.2, 0.25) is 0 Å². The molecule has 0 saturated carbocycles. The Morgan fingerprint density at radius 1 is 1.38 bits per heavy atom. The number of aryl methyl sites for hydroxylation is 1. The van der Waals surface area contributed by atoms with Crippen LogP contribution in [0.3, 0.4) is 0 Å². The second-order valence-electron chi connectivity index (χ2n) is 4.26. The highest BCUT2D eigenvalue weighted by molar-refractivity contribution is 6.35. The molecule has 0 radical (unpaired) electrons. The number of nitrogens with zero attached hydrogens (tertiary/aromatic N) is 1. The molecule has 1 aromatic carbocycles. The van der Waals surface area contributed by atoms with Crippen molar-refractivity contribution in [3.05, 3.63) is 35.0 Å². The van der Waals surface area contributed by atoms with Crippen LogP contribution in [0.4, 0.5) is 0 Å². The van der Waals surface area contributed by atoms with Gasteiger partial charge < -0.3 is 9.30 Å². The van der Waals surface area contributed by atoms with Crippen molar-refractivity contribution in [2.75, 3.05) is 0 Å². The molecular weight excluding hydrogens is 222 g/mol. The topological polar surface area (TPSA) is 14.2 Å². The number of benzene rings is 1. The zero-order valence-electron chi connectivity index (χ0n) is 9.83. The molecule has 0 saturated heterocycles. The maximum atomic E-state index is 6.22. The van der Waals surface area contributed by atoms with Crippen molar-refractivity contribution < 1.29 is 4.74 Å². The lowest BCUT2D eigenvalue weighted by Crippen LogP contribution is -2.01.